The summed E-state index contributed by atoms with van der Waals surface area (Å²) in [5, 5.41) is 0.474. The summed E-state index contributed by atoms with van der Waals surface area (Å²) < 4.78 is 5.35. The fourth-order valence-electron chi connectivity index (χ4n) is 0.301. The molecule has 1 atom stereocenters. The van der Waals surface area contributed by atoms with Crippen molar-refractivity contribution < 1.29 is 4.18 Å². The molecule has 0 bridgehead atoms. The number of rotatable bonds is 3. The van der Waals surface area contributed by atoms with Crippen LogP contribution >= 0.6 is 0 Å². The maximum absolute atomic E-state index is 5.35. The van der Waals surface area contributed by atoms with Gasteiger partial charge in [0.15, 0.2) is 0 Å². The van der Waals surface area contributed by atoms with Crippen molar-refractivity contribution in [2.75, 3.05) is 0 Å². The zero-order valence-electron chi connectivity index (χ0n) is 6.38. The van der Waals surface area contributed by atoms with E-state index in [1.807, 2.05) is 13.8 Å². The van der Waals surface area contributed by atoms with Crippen LogP contribution in [0.1, 0.15) is 27.7 Å². The minimum absolute atomic E-state index is 0.269. The third kappa shape index (κ3) is 5.00. The minimum atomic E-state index is -0.269. The molecular formula is C6H14OS2. The van der Waals surface area contributed by atoms with Gasteiger partial charge in [0, 0.05) is 15.0 Å². The summed E-state index contributed by atoms with van der Waals surface area (Å²) in [6.07, 6.45) is 0.272. The van der Waals surface area contributed by atoms with Crippen molar-refractivity contribution >= 4 is 20.9 Å². The highest BCUT2D eigenvalue weighted by Gasteiger charge is 2.02. The Morgan fingerprint density at radius 1 is 1.22 bits per heavy atom. The van der Waals surface area contributed by atoms with Crippen molar-refractivity contribution in [3.05, 3.63) is 0 Å². The van der Waals surface area contributed by atoms with Gasteiger partial charge < -0.3 is 4.18 Å². The van der Waals surface area contributed by atoms with Gasteiger partial charge in [-0.1, -0.05) is 13.8 Å². The van der Waals surface area contributed by atoms with E-state index in [1.54, 1.807) is 0 Å². The molecule has 0 spiro atoms. The molecule has 0 aromatic carbocycles. The SMILES string of the molecule is CC(C)OS(=S)C(C)C. The topological polar surface area (TPSA) is 9.23 Å². The van der Waals surface area contributed by atoms with Crippen molar-refractivity contribution in [3.8, 4) is 0 Å². The first-order valence-corrected chi connectivity index (χ1v) is 5.25. The predicted octanol–water partition coefficient (Wildman–Crippen LogP) is 1.81. The number of hydrogen-bond acceptors (Lipinski definition) is 2. The quantitative estimate of drug-likeness (QED) is 0.632. The summed E-state index contributed by atoms with van der Waals surface area (Å²) in [5.74, 6) is 0. The lowest BCUT2D eigenvalue weighted by Gasteiger charge is -2.11. The molecule has 0 aliphatic heterocycles. The Hall–Kier alpha value is 0.530. The van der Waals surface area contributed by atoms with Crippen molar-refractivity contribution in [3.63, 3.8) is 0 Å². The zero-order chi connectivity index (χ0) is 7.44. The minimum Gasteiger partial charge on any atom is -0.309 e. The van der Waals surface area contributed by atoms with E-state index in [0.29, 0.717) is 5.25 Å². The number of hydrogen-bond donors (Lipinski definition) is 0. The van der Waals surface area contributed by atoms with Crippen molar-refractivity contribution in [1.29, 1.82) is 0 Å². The van der Waals surface area contributed by atoms with Gasteiger partial charge in [0.1, 0.15) is 0 Å². The maximum atomic E-state index is 5.35. The second-order valence-corrected chi connectivity index (χ2v) is 5.10. The van der Waals surface area contributed by atoms with Gasteiger partial charge in [-0.25, -0.2) is 0 Å². The largest absolute Gasteiger partial charge is 0.309 e. The maximum Gasteiger partial charge on any atom is 0.0669 e. The summed E-state index contributed by atoms with van der Waals surface area (Å²) in [6, 6.07) is 0. The van der Waals surface area contributed by atoms with Crippen LogP contribution < -0.4 is 0 Å². The Morgan fingerprint density at radius 2 is 1.67 bits per heavy atom. The summed E-state index contributed by atoms with van der Waals surface area (Å²) in [4.78, 5) is 0. The zero-order valence-corrected chi connectivity index (χ0v) is 8.01. The van der Waals surface area contributed by atoms with Crippen LogP contribution in [0.3, 0.4) is 0 Å². The molecule has 9 heavy (non-hydrogen) atoms. The van der Waals surface area contributed by atoms with Gasteiger partial charge in [-0.15, -0.1) is 0 Å². The average Bonchev–Trinajstić information content (AvgIpc) is 1.63. The highest BCUT2D eigenvalue weighted by Crippen LogP contribution is 2.00. The highest BCUT2D eigenvalue weighted by atomic mass is 32.8. The lowest BCUT2D eigenvalue weighted by atomic mass is 10.5. The van der Waals surface area contributed by atoms with Crippen LogP contribution in [0.4, 0.5) is 0 Å². The molecule has 0 N–H and O–H groups in total. The second-order valence-electron chi connectivity index (χ2n) is 2.45. The average molecular weight is 166 g/mol. The van der Waals surface area contributed by atoms with Gasteiger partial charge in [-0.2, -0.15) is 0 Å². The lowest BCUT2D eigenvalue weighted by molar-refractivity contribution is 0.283. The van der Waals surface area contributed by atoms with Gasteiger partial charge >= 0.3 is 0 Å². The van der Waals surface area contributed by atoms with Crippen LogP contribution in [-0.4, -0.2) is 11.4 Å². The van der Waals surface area contributed by atoms with E-state index in [2.05, 4.69) is 13.8 Å². The summed E-state index contributed by atoms with van der Waals surface area (Å²) in [6.45, 7) is 8.18. The highest BCUT2D eigenvalue weighted by molar-refractivity contribution is 8.26. The van der Waals surface area contributed by atoms with Gasteiger partial charge in [-0.3, -0.25) is 0 Å². The van der Waals surface area contributed by atoms with E-state index >= 15 is 0 Å². The van der Waals surface area contributed by atoms with Crippen LogP contribution in [0.15, 0.2) is 0 Å². The second kappa shape index (κ2) is 4.36. The molecule has 0 amide bonds. The van der Waals surface area contributed by atoms with E-state index in [4.69, 9.17) is 15.4 Å². The fourth-order valence-corrected chi connectivity index (χ4v) is 1.37. The molecule has 0 saturated carbocycles. The predicted molar refractivity (Wildman–Crippen MR) is 46.1 cm³/mol. The monoisotopic (exact) mass is 166 g/mol. The molecule has 1 nitrogen and oxygen atoms in total. The molecular weight excluding hydrogens is 152 g/mol. The standard InChI is InChI=1S/C6H14OS2/c1-5(2)7-9(8)6(3)4/h5-6H,1-4H3. The first-order chi connectivity index (χ1) is 4.04. The first-order valence-electron chi connectivity index (χ1n) is 3.11. The lowest BCUT2D eigenvalue weighted by Crippen LogP contribution is -2.12. The molecule has 0 heterocycles. The molecule has 0 rings (SSSR count). The molecule has 0 saturated heterocycles. The Kier molecular flexibility index (Phi) is 4.62. The van der Waals surface area contributed by atoms with E-state index in [9.17, 15) is 0 Å². The Bertz CT molecular complexity index is 99.2. The van der Waals surface area contributed by atoms with Gasteiger partial charge in [-0.05, 0) is 25.0 Å². The van der Waals surface area contributed by atoms with Crippen LogP contribution in [0.2, 0.25) is 0 Å². The molecule has 0 radical (unpaired) electrons. The molecule has 56 valence electrons. The first kappa shape index (κ1) is 9.53. The third-order valence-corrected chi connectivity index (χ3v) is 3.41. The molecule has 0 aromatic rings. The van der Waals surface area contributed by atoms with Crippen molar-refractivity contribution in [2.45, 2.75) is 39.0 Å². The van der Waals surface area contributed by atoms with Crippen molar-refractivity contribution in [2.24, 2.45) is 0 Å². The Balaban J connectivity index is 3.51. The van der Waals surface area contributed by atoms with E-state index in [0.717, 1.165) is 0 Å². The smallest absolute Gasteiger partial charge is 0.0669 e. The van der Waals surface area contributed by atoms with E-state index in [1.165, 1.54) is 0 Å². The molecule has 1 unspecified atom stereocenters. The van der Waals surface area contributed by atoms with Gasteiger partial charge in [0.05, 0.1) is 6.10 Å². The molecule has 0 fully saturated rings. The van der Waals surface area contributed by atoms with Gasteiger partial charge in [0.25, 0.3) is 0 Å². The molecule has 3 heteroatoms. The molecule has 0 aliphatic carbocycles. The Labute approximate surface area is 64.6 Å². The Morgan fingerprint density at radius 3 is 1.78 bits per heavy atom. The molecule has 0 aromatic heterocycles. The third-order valence-electron chi connectivity index (χ3n) is 0.672. The normalized spacial score (nSPS) is 14.9. The van der Waals surface area contributed by atoms with Crippen LogP contribution in [0.25, 0.3) is 0 Å². The fraction of sp³-hybridized carbons (Fsp3) is 1.00. The van der Waals surface area contributed by atoms with Gasteiger partial charge in [0.2, 0.25) is 0 Å². The van der Waals surface area contributed by atoms with Crippen molar-refractivity contribution in [1.82, 2.24) is 0 Å². The van der Waals surface area contributed by atoms with E-state index < -0.39 is 0 Å². The summed E-state index contributed by atoms with van der Waals surface area (Å²) >= 11 is 5.04. The van der Waals surface area contributed by atoms with Crippen LogP contribution in [-0.2, 0) is 25.1 Å². The van der Waals surface area contributed by atoms with Crippen LogP contribution in [0.5, 0.6) is 0 Å². The summed E-state index contributed by atoms with van der Waals surface area (Å²) in [7, 11) is -0.269. The van der Waals surface area contributed by atoms with Crippen LogP contribution in [0, 0.1) is 0 Å². The molecule has 0 aliphatic rings. The van der Waals surface area contributed by atoms with E-state index in [-0.39, 0.29) is 15.8 Å². The summed E-state index contributed by atoms with van der Waals surface area (Å²) in [5.41, 5.74) is 0.